The van der Waals surface area contributed by atoms with Crippen molar-refractivity contribution in [2.75, 3.05) is 65.2 Å². The van der Waals surface area contributed by atoms with Crippen molar-refractivity contribution < 1.29 is 43.2 Å². The molecule has 0 aromatic rings. The number of carboxylic acid groups (broad SMARTS) is 1. The number of hydrogen-bond donors (Lipinski definition) is 3. The molecule has 2 fully saturated rings. The zero-order valence-corrected chi connectivity index (χ0v) is 20.3. The number of hydrogen-bond acceptors (Lipinski definition) is 9. The second-order valence-electron chi connectivity index (χ2n) is 8.03. The maximum Gasteiger partial charge on any atom is 0.305 e. The summed E-state index contributed by atoms with van der Waals surface area (Å²) in [5, 5.41) is 14.2. The van der Waals surface area contributed by atoms with Gasteiger partial charge in [-0.05, 0) is 12.8 Å². The second kappa shape index (κ2) is 16.8. The van der Waals surface area contributed by atoms with Crippen LogP contribution in [0.5, 0.6) is 0 Å². The lowest BCUT2D eigenvalue weighted by Gasteiger charge is -2.14. The van der Waals surface area contributed by atoms with Gasteiger partial charge in [-0.3, -0.25) is 19.2 Å². The van der Waals surface area contributed by atoms with E-state index in [2.05, 4.69) is 10.6 Å². The Morgan fingerprint density at radius 1 is 0.912 bits per heavy atom. The highest BCUT2D eigenvalue weighted by Crippen LogP contribution is 2.39. The van der Waals surface area contributed by atoms with Gasteiger partial charge in [0.2, 0.25) is 11.7 Å². The summed E-state index contributed by atoms with van der Waals surface area (Å²) in [5.41, 5.74) is 0. The Kier molecular flexibility index (Phi) is 14.1. The van der Waals surface area contributed by atoms with Gasteiger partial charge in [-0.15, -0.1) is 0 Å². The van der Waals surface area contributed by atoms with Gasteiger partial charge in [0, 0.05) is 30.0 Å². The van der Waals surface area contributed by atoms with Crippen LogP contribution < -0.4 is 10.6 Å². The van der Waals surface area contributed by atoms with Crippen molar-refractivity contribution in [3.8, 4) is 0 Å². The summed E-state index contributed by atoms with van der Waals surface area (Å²) in [6, 6.07) is -0.0137. The summed E-state index contributed by atoms with van der Waals surface area (Å²) in [5.74, 6) is -1.04. The molecular formula is C22H36N2O9S. The topological polar surface area (TPSA) is 149 Å². The lowest BCUT2D eigenvalue weighted by atomic mass is 9.93. The summed E-state index contributed by atoms with van der Waals surface area (Å²) in [6.45, 7) is 3.46. The molecular weight excluding hydrogens is 468 g/mol. The van der Waals surface area contributed by atoms with Gasteiger partial charge in [0.1, 0.15) is 0 Å². The Morgan fingerprint density at radius 3 is 2.18 bits per heavy atom. The number of nitrogens with one attached hydrogen (secondary N) is 2. The predicted octanol–water partition coefficient (Wildman–Crippen LogP) is 0.00320. The number of aliphatic carboxylic acids is 1. The number of carboxylic acids is 1. The van der Waals surface area contributed by atoms with Crippen LogP contribution in [0.3, 0.4) is 0 Å². The summed E-state index contributed by atoms with van der Waals surface area (Å²) < 4.78 is 21.2. The van der Waals surface area contributed by atoms with E-state index in [0.29, 0.717) is 59.2 Å². The molecule has 3 N–H and O–H groups in total. The lowest BCUT2D eigenvalue weighted by molar-refractivity contribution is -0.138. The van der Waals surface area contributed by atoms with E-state index in [1.807, 2.05) is 0 Å². The smallest absolute Gasteiger partial charge is 0.305 e. The predicted molar refractivity (Wildman–Crippen MR) is 124 cm³/mol. The van der Waals surface area contributed by atoms with Crippen LogP contribution in [0, 0.1) is 5.92 Å². The number of thioether (sulfide) groups is 1. The first kappa shape index (κ1) is 28.5. The summed E-state index contributed by atoms with van der Waals surface area (Å²) in [4.78, 5) is 45.6. The quantitative estimate of drug-likeness (QED) is 0.153. The average molecular weight is 505 g/mol. The number of carbonyl (C=O) groups excluding carboxylic acids is 3. The molecule has 2 amide bonds. The zero-order chi connectivity index (χ0) is 24.6. The van der Waals surface area contributed by atoms with Gasteiger partial charge in [-0.25, -0.2) is 0 Å². The molecule has 34 heavy (non-hydrogen) atoms. The fourth-order valence-electron chi connectivity index (χ4n) is 3.73. The number of fused-ring (bicyclic) bond motifs is 1. The van der Waals surface area contributed by atoms with Crippen LogP contribution in [0.4, 0.5) is 0 Å². The molecule has 2 aliphatic heterocycles. The minimum absolute atomic E-state index is 0.0136. The van der Waals surface area contributed by atoms with Crippen LogP contribution in [0.15, 0.2) is 0 Å². The monoisotopic (exact) mass is 504 g/mol. The number of unbranched alkanes of at least 4 members (excludes halogenated alkanes) is 1. The molecule has 0 aromatic heterocycles. The average Bonchev–Trinajstić information content (AvgIpc) is 3.33. The molecule has 3 atom stereocenters. The first-order valence-corrected chi connectivity index (χ1v) is 12.8. The molecule has 2 saturated heterocycles. The maximum atomic E-state index is 11.9. The normalized spacial score (nSPS) is 21.5. The molecule has 0 bridgehead atoms. The first-order chi connectivity index (χ1) is 16.5. The van der Waals surface area contributed by atoms with E-state index in [4.69, 9.17) is 24.1 Å². The fraction of sp³-hybridized carbons (Fsp3) is 0.818. The second-order valence-corrected chi connectivity index (χ2v) is 9.30. The lowest BCUT2D eigenvalue weighted by Crippen LogP contribution is -2.29. The van der Waals surface area contributed by atoms with Crippen LogP contribution in [-0.4, -0.2) is 105 Å². The van der Waals surface area contributed by atoms with Crippen LogP contribution in [-0.2, 0) is 38.1 Å². The largest absolute Gasteiger partial charge is 0.481 e. The van der Waals surface area contributed by atoms with E-state index in [-0.39, 0.29) is 41.9 Å². The van der Waals surface area contributed by atoms with Gasteiger partial charge in [0.05, 0.1) is 65.2 Å². The van der Waals surface area contributed by atoms with Crippen molar-refractivity contribution in [1.82, 2.24) is 10.6 Å². The molecule has 194 valence electrons. The minimum atomic E-state index is -0.885. The van der Waals surface area contributed by atoms with Crippen molar-refractivity contribution in [1.29, 1.82) is 0 Å². The number of rotatable bonds is 20. The van der Waals surface area contributed by atoms with Crippen molar-refractivity contribution in [3.63, 3.8) is 0 Å². The van der Waals surface area contributed by atoms with Gasteiger partial charge in [-0.1, -0.05) is 6.42 Å². The highest BCUT2D eigenvalue weighted by Gasteiger charge is 2.49. The number of amides is 2. The Morgan fingerprint density at radius 2 is 1.53 bits per heavy atom. The fourth-order valence-corrected chi connectivity index (χ4v) is 5.33. The Hall–Kier alpha value is -1.73. The van der Waals surface area contributed by atoms with E-state index in [1.54, 1.807) is 11.8 Å². The van der Waals surface area contributed by atoms with E-state index in [1.165, 1.54) is 0 Å². The molecule has 11 nitrogen and oxygen atoms in total. The van der Waals surface area contributed by atoms with Gasteiger partial charge in [0.25, 0.3) is 5.91 Å². The molecule has 12 heteroatoms. The number of ketones is 1. The van der Waals surface area contributed by atoms with E-state index in [0.717, 1.165) is 25.0 Å². The molecule has 0 spiro atoms. The number of ether oxygens (including phenoxy) is 4. The zero-order valence-electron chi connectivity index (χ0n) is 19.5. The standard InChI is InChI=1S/C22H36N2O9S/c25-18(4-2-1-3-17-20-16(15-34-17)24-22(29)21(20)28)23-6-8-31-10-12-33-14-13-32-11-9-30-7-5-19(26)27/h16-17,20H,1-15H2,(H,23,25)(H,24,29)(H,26,27). The molecule has 0 saturated carbocycles. The molecule has 2 heterocycles. The third-order valence-corrected chi connectivity index (χ3v) is 6.96. The summed E-state index contributed by atoms with van der Waals surface area (Å²) in [6.07, 6.45) is 2.87. The van der Waals surface area contributed by atoms with Gasteiger partial charge in [-0.2, -0.15) is 11.8 Å². The van der Waals surface area contributed by atoms with Gasteiger partial charge in [0.15, 0.2) is 0 Å². The Labute approximate surface area is 204 Å². The van der Waals surface area contributed by atoms with Crippen molar-refractivity contribution in [3.05, 3.63) is 0 Å². The van der Waals surface area contributed by atoms with E-state index in [9.17, 15) is 19.2 Å². The molecule has 2 aliphatic rings. The highest BCUT2D eigenvalue weighted by atomic mass is 32.2. The van der Waals surface area contributed by atoms with E-state index >= 15 is 0 Å². The van der Waals surface area contributed by atoms with Crippen LogP contribution in [0.1, 0.15) is 32.1 Å². The molecule has 0 radical (unpaired) electrons. The SMILES string of the molecule is O=C(O)CCOCCOCCOCCOCCNC(=O)CCCCC1SCC2NC(=O)C(=O)C21. The van der Waals surface area contributed by atoms with Gasteiger partial charge < -0.3 is 34.7 Å². The number of Topliss-reactive ketones (excluding diaryl/α,β-unsaturated/α-hetero) is 1. The van der Waals surface area contributed by atoms with Crippen molar-refractivity contribution >= 4 is 35.3 Å². The maximum absolute atomic E-state index is 11.9. The third-order valence-electron chi connectivity index (χ3n) is 5.45. The summed E-state index contributed by atoms with van der Waals surface area (Å²) >= 11 is 1.74. The first-order valence-electron chi connectivity index (χ1n) is 11.7. The molecule has 0 aromatic carbocycles. The van der Waals surface area contributed by atoms with E-state index < -0.39 is 11.9 Å². The van der Waals surface area contributed by atoms with Crippen LogP contribution in [0.2, 0.25) is 0 Å². The molecule has 2 rings (SSSR count). The summed E-state index contributed by atoms with van der Waals surface area (Å²) in [7, 11) is 0. The van der Waals surface area contributed by atoms with Gasteiger partial charge >= 0.3 is 5.97 Å². The van der Waals surface area contributed by atoms with Crippen LogP contribution in [0.25, 0.3) is 0 Å². The van der Waals surface area contributed by atoms with Crippen LogP contribution >= 0.6 is 11.8 Å². The molecule has 0 aliphatic carbocycles. The molecule has 3 unspecified atom stereocenters. The Bertz CT molecular complexity index is 664. The highest BCUT2D eigenvalue weighted by molar-refractivity contribution is 8.00. The minimum Gasteiger partial charge on any atom is -0.481 e. The third kappa shape index (κ3) is 11.1. The van der Waals surface area contributed by atoms with Crippen molar-refractivity contribution in [2.45, 2.75) is 43.4 Å². The van der Waals surface area contributed by atoms with Crippen molar-refractivity contribution in [2.24, 2.45) is 5.92 Å². The Balaban J connectivity index is 1.31. The number of carbonyl (C=O) groups is 4.